The highest BCUT2D eigenvalue weighted by molar-refractivity contribution is 5.96. The molecule has 31 heavy (non-hydrogen) atoms. The summed E-state index contributed by atoms with van der Waals surface area (Å²) in [7, 11) is 1.66. The van der Waals surface area contributed by atoms with Crippen LogP contribution in [0.2, 0.25) is 0 Å². The second-order valence-corrected chi connectivity index (χ2v) is 8.82. The molecule has 0 spiro atoms. The maximum absolute atomic E-state index is 12.9. The van der Waals surface area contributed by atoms with Crippen molar-refractivity contribution in [3.05, 3.63) is 71.3 Å². The third kappa shape index (κ3) is 4.87. The van der Waals surface area contributed by atoms with Gasteiger partial charge in [-0.25, -0.2) is 0 Å². The predicted molar refractivity (Wildman–Crippen MR) is 122 cm³/mol. The van der Waals surface area contributed by atoms with Crippen LogP contribution < -0.4 is 0 Å². The number of nitrogens with zero attached hydrogens (tertiary/aromatic N) is 2. The summed E-state index contributed by atoms with van der Waals surface area (Å²) in [5.41, 5.74) is 2.25. The Balaban J connectivity index is 1.61. The van der Waals surface area contributed by atoms with Crippen molar-refractivity contribution in [1.29, 1.82) is 0 Å². The van der Waals surface area contributed by atoms with E-state index in [1.807, 2.05) is 54.6 Å². The molecule has 0 aliphatic carbocycles. The van der Waals surface area contributed by atoms with Crippen molar-refractivity contribution < 1.29 is 14.4 Å². The second kappa shape index (κ2) is 9.46. The molecule has 0 bridgehead atoms. The van der Waals surface area contributed by atoms with Gasteiger partial charge in [-0.1, -0.05) is 56.3 Å². The SMILES string of the molecule is CC(=O)C1(c2ccccc2)CCN(C(=O)CN(C)C(=O)c2ccc(C(C)C)cc2)CC1. The largest absolute Gasteiger partial charge is 0.341 e. The number of amides is 2. The van der Waals surface area contributed by atoms with E-state index in [1.54, 1.807) is 18.9 Å². The molecular formula is C26H32N2O3. The van der Waals surface area contributed by atoms with Crippen molar-refractivity contribution in [1.82, 2.24) is 9.80 Å². The Kier molecular flexibility index (Phi) is 6.94. The first-order chi connectivity index (χ1) is 14.7. The molecule has 3 rings (SSSR count). The minimum atomic E-state index is -0.530. The maximum Gasteiger partial charge on any atom is 0.254 e. The Hall–Kier alpha value is -2.95. The number of benzene rings is 2. The fourth-order valence-corrected chi connectivity index (χ4v) is 4.34. The topological polar surface area (TPSA) is 57.7 Å². The van der Waals surface area contributed by atoms with E-state index in [2.05, 4.69) is 13.8 Å². The smallest absolute Gasteiger partial charge is 0.254 e. The lowest BCUT2D eigenvalue weighted by atomic mass is 9.70. The molecule has 2 aromatic carbocycles. The van der Waals surface area contributed by atoms with Crippen LogP contribution in [-0.4, -0.2) is 54.1 Å². The fraction of sp³-hybridized carbons (Fsp3) is 0.423. The lowest BCUT2D eigenvalue weighted by molar-refractivity contribution is -0.136. The molecule has 0 saturated carbocycles. The van der Waals surface area contributed by atoms with E-state index >= 15 is 0 Å². The molecule has 164 valence electrons. The van der Waals surface area contributed by atoms with E-state index in [4.69, 9.17) is 0 Å². The number of hydrogen-bond donors (Lipinski definition) is 0. The van der Waals surface area contributed by atoms with Crippen molar-refractivity contribution in [2.24, 2.45) is 0 Å². The lowest BCUT2D eigenvalue weighted by Gasteiger charge is -2.41. The molecule has 0 N–H and O–H groups in total. The zero-order chi connectivity index (χ0) is 22.6. The minimum absolute atomic E-state index is 0.0309. The quantitative estimate of drug-likeness (QED) is 0.709. The van der Waals surface area contributed by atoms with Crippen molar-refractivity contribution in [3.8, 4) is 0 Å². The molecular weight excluding hydrogens is 388 g/mol. The number of likely N-dealkylation sites (N-methyl/N-ethyl adjacent to an activating group) is 1. The molecule has 5 nitrogen and oxygen atoms in total. The van der Waals surface area contributed by atoms with E-state index in [1.165, 1.54) is 10.5 Å². The van der Waals surface area contributed by atoms with Gasteiger partial charge in [0.25, 0.3) is 5.91 Å². The number of carbonyl (C=O) groups excluding carboxylic acids is 3. The summed E-state index contributed by atoms with van der Waals surface area (Å²) >= 11 is 0. The number of Topliss-reactive ketones (excluding diaryl/α,β-unsaturated/α-hetero) is 1. The van der Waals surface area contributed by atoms with E-state index in [0.717, 1.165) is 5.56 Å². The van der Waals surface area contributed by atoms with E-state index in [0.29, 0.717) is 37.4 Å². The monoisotopic (exact) mass is 420 g/mol. The van der Waals surface area contributed by atoms with E-state index in [9.17, 15) is 14.4 Å². The Morgan fingerprint density at radius 2 is 1.55 bits per heavy atom. The second-order valence-electron chi connectivity index (χ2n) is 8.82. The number of ketones is 1. The van der Waals surface area contributed by atoms with Crippen molar-refractivity contribution in [2.75, 3.05) is 26.7 Å². The zero-order valence-electron chi connectivity index (χ0n) is 18.9. The number of rotatable bonds is 6. The Morgan fingerprint density at radius 1 is 0.968 bits per heavy atom. The van der Waals surface area contributed by atoms with Gasteiger partial charge in [0.1, 0.15) is 5.78 Å². The highest BCUT2D eigenvalue weighted by Gasteiger charge is 2.41. The molecule has 0 unspecified atom stereocenters. The highest BCUT2D eigenvalue weighted by Crippen LogP contribution is 2.36. The Labute approximate surface area is 185 Å². The standard InChI is InChI=1S/C26H32N2O3/c1-19(2)21-10-12-22(13-11-21)25(31)27(4)18-24(30)28-16-14-26(15-17-28,20(3)29)23-8-6-5-7-9-23/h5-13,19H,14-18H2,1-4H3. The summed E-state index contributed by atoms with van der Waals surface area (Å²) in [5.74, 6) is 0.298. The van der Waals surface area contributed by atoms with Crippen LogP contribution in [-0.2, 0) is 15.0 Å². The van der Waals surface area contributed by atoms with Crippen molar-refractivity contribution >= 4 is 17.6 Å². The van der Waals surface area contributed by atoms with Crippen LogP contribution in [0.3, 0.4) is 0 Å². The summed E-state index contributed by atoms with van der Waals surface area (Å²) in [6, 6.07) is 17.4. The Morgan fingerprint density at radius 3 is 2.06 bits per heavy atom. The van der Waals surface area contributed by atoms with Crippen LogP contribution in [0.5, 0.6) is 0 Å². The molecule has 1 aliphatic heterocycles. The predicted octanol–water partition coefficient (Wildman–Crippen LogP) is 4.03. The van der Waals surface area contributed by atoms with Crippen LogP contribution >= 0.6 is 0 Å². The third-order valence-corrected chi connectivity index (χ3v) is 6.51. The highest BCUT2D eigenvalue weighted by atomic mass is 16.2. The van der Waals surface area contributed by atoms with E-state index in [-0.39, 0.29) is 24.1 Å². The molecule has 1 heterocycles. The van der Waals surface area contributed by atoms with Gasteiger partial charge in [-0.05, 0) is 48.9 Å². The average Bonchev–Trinajstić information content (AvgIpc) is 2.79. The zero-order valence-corrected chi connectivity index (χ0v) is 18.9. The molecule has 0 aromatic heterocycles. The van der Waals surface area contributed by atoms with Gasteiger partial charge in [0.15, 0.2) is 0 Å². The Bertz CT molecular complexity index is 927. The summed E-state index contributed by atoms with van der Waals surface area (Å²) in [5, 5.41) is 0. The first kappa shape index (κ1) is 22.7. The molecule has 5 heteroatoms. The molecule has 0 radical (unpaired) electrons. The number of likely N-dealkylation sites (tertiary alicyclic amines) is 1. The molecule has 1 aliphatic rings. The number of hydrogen-bond acceptors (Lipinski definition) is 3. The number of carbonyl (C=O) groups is 3. The van der Waals surface area contributed by atoms with Gasteiger partial charge in [-0.3, -0.25) is 14.4 Å². The van der Waals surface area contributed by atoms with Crippen LogP contribution in [0.1, 0.15) is 61.0 Å². The van der Waals surface area contributed by atoms with Crippen LogP contribution in [0.4, 0.5) is 0 Å². The normalized spacial score (nSPS) is 15.6. The first-order valence-electron chi connectivity index (χ1n) is 10.9. The minimum Gasteiger partial charge on any atom is -0.341 e. The number of piperidine rings is 1. The van der Waals surface area contributed by atoms with Gasteiger partial charge in [0.05, 0.1) is 12.0 Å². The van der Waals surface area contributed by atoms with Gasteiger partial charge in [0, 0.05) is 25.7 Å². The van der Waals surface area contributed by atoms with Gasteiger partial charge < -0.3 is 9.80 Å². The summed E-state index contributed by atoms with van der Waals surface area (Å²) in [6.45, 7) is 6.92. The van der Waals surface area contributed by atoms with Gasteiger partial charge in [-0.2, -0.15) is 0 Å². The van der Waals surface area contributed by atoms with Gasteiger partial charge in [-0.15, -0.1) is 0 Å². The maximum atomic E-state index is 12.9. The van der Waals surface area contributed by atoms with Crippen molar-refractivity contribution in [3.63, 3.8) is 0 Å². The lowest BCUT2D eigenvalue weighted by Crippen LogP contribution is -2.50. The fourth-order valence-electron chi connectivity index (χ4n) is 4.34. The van der Waals surface area contributed by atoms with Crippen LogP contribution in [0, 0.1) is 0 Å². The van der Waals surface area contributed by atoms with E-state index < -0.39 is 5.41 Å². The summed E-state index contributed by atoms with van der Waals surface area (Å²) < 4.78 is 0. The third-order valence-electron chi connectivity index (χ3n) is 6.51. The van der Waals surface area contributed by atoms with Crippen LogP contribution in [0.25, 0.3) is 0 Å². The van der Waals surface area contributed by atoms with Gasteiger partial charge >= 0.3 is 0 Å². The summed E-state index contributed by atoms with van der Waals surface area (Å²) in [4.78, 5) is 41.4. The molecule has 0 atom stereocenters. The average molecular weight is 421 g/mol. The van der Waals surface area contributed by atoms with Crippen LogP contribution in [0.15, 0.2) is 54.6 Å². The molecule has 1 fully saturated rings. The van der Waals surface area contributed by atoms with Crippen molar-refractivity contribution in [2.45, 2.75) is 44.9 Å². The summed E-state index contributed by atoms with van der Waals surface area (Å²) in [6.07, 6.45) is 1.21. The first-order valence-corrected chi connectivity index (χ1v) is 10.9. The molecule has 2 amide bonds. The van der Waals surface area contributed by atoms with Gasteiger partial charge in [0.2, 0.25) is 5.91 Å². The molecule has 2 aromatic rings. The molecule has 1 saturated heterocycles.